The van der Waals surface area contributed by atoms with Crippen LogP contribution < -0.4 is 0 Å². The lowest BCUT2D eigenvalue weighted by Crippen LogP contribution is -2.35. The molecule has 0 saturated carbocycles. The van der Waals surface area contributed by atoms with Crippen molar-refractivity contribution >= 4 is 29.7 Å². The fourth-order valence-electron chi connectivity index (χ4n) is 2.00. The van der Waals surface area contributed by atoms with Crippen LogP contribution >= 0.6 is 0 Å². The first-order chi connectivity index (χ1) is 10.9. The van der Waals surface area contributed by atoms with Crippen molar-refractivity contribution in [3.63, 3.8) is 0 Å². The molecule has 0 spiro atoms. The van der Waals surface area contributed by atoms with E-state index < -0.39 is 42.1 Å². The van der Waals surface area contributed by atoms with Crippen LogP contribution in [0.25, 0.3) is 0 Å². The number of carbonyl (C=O) groups is 5. The highest BCUT2D eigenvalue weighted by Crippen LogP contribution is 2.21. The predicted molar refractivity (Wildman–Crippen MR) is 70.1 cm³/mol. The van der Waals surface area contributed by atoms with Gasteiger partial charge in [0.05, 0.1) is 6.42 Å². The summed E-state index contributed by atoms with van der Waals surface area (Å²) in [7, 11) is 0. The Morgan fingerprint density at radius 2 is 1.70 bits per heavy atom. The summed E-state index contributed by atoms with van der Waals surface area (Å²) in [6, 6.07) is 0. The third-order valence-corrected chi connectivity index (χ3v) is 3.19. The molecule has 10 nitrogen and oxygen atoms in total. The number of hydrogen-bond acceptors (Lipinski definition) is 8. The average Bonchev–Trinajstić information content (AvgIpc) is 2.77. The maximum Gasteiger partial charge on any atom is 0.355 e. The summed E-state index contributed by atoms with van der Waals surface area (Å²) < 4.78 is 0. The normalized spacial score (nSPS) is 17.3. The van der Waals surface area contributed by atoms with Crippen LogP contribution in [0.4, 0.5) is 0 Å². The molecule has 0 aromatic heterocycles. The van der Waals surface area contributed by atoms with Gasteiger partial charge in [-0.15, -0.1) is 5.06 Å². The number of unbranched alkanes of at least 4 members (excludes halogenated alkanes) is 3. The maximum absolute atomic E-state index is 11.7. The molecule has 0 aromatic carbocycles. The van der Waals surface area contributed by atoms with Crippen molar-refractivity contribution in [1.82, 2.24) is 5.06 Å². The topological polar surface area (TPSA) is 148 Å². The number of carboxylic acids is 1. The molecule has 0 aromatic rings. The molecular formula is C13H17NO9. The second kappa shape index (κ2) is 8.83. The van der Waals surface area contributed by atoms with Crippen molar-refractivity contribution in [3.8, 4) is 0 Å². The van der Waals surface area contributed by atoms with Gasteiger partial charge < -0.3 is 14.8 Å². The smallest absolute Gasteiger partial charge is 0.355 e. The lowest BCUT2D eigenvalue weighted by Gasteiger charge is -2.13. The molecule has 128 valence electrons. The molecule has 2 amide bonds. The minimum absolute atomic E-state index is 0.0563. The van der Waals surface area contributed by atoms with Crippen LogP contribution in [-0.4, -0.2) is 45.1 Å². The fourth-order valence-corrected chi connectivity index (χ4v) is 2.00. The number of hydrogen-bond donors (Lipinski definition) is 2. The van der Waals surface area contributed by atoms with Gasteiger partial charge in [-0.3, -0.25) is 14.4 Å². The van der Waals surface area contributed by atoms with Crippen molar-refractivity contribution < 1.29 is 44.1 Å². The van der Waals surface area contributed by atoms with E-state index in [-0.39, 0.29) is 17.9 Å². The third-order valence-electron chi connectivity index (χ3n) is 3.19. The monoisotopic (exact) mass is 331 g/mol. The first-order valence-electron chi connectivity index (χ1n) is 7.01. The van der Waals surface area contributed by atoms with Crippen molar-refractivity contribution in [2.45, 2.75) is 44.9 Å². The van der Waals surface area contributed by atoms with Gasteiger partial charge >= 0.3 is 17.9 Å². The van der Waals surface area contributed by atoms with Gasteiger partial charge in [0.2, 0.25) is 0 Å². The van der Waals surface area contributed by atoms with E-state index >= 15 is 0 Å². The molecule has 1 aliphatic rings. The Bertz CT molecular complexity index is 502. The van der Waals surface area contributed by atoms with Gasteiger partial charge in [0.15, 0.2) is 5.92 Å². The van der Waals surface area contributed by atoms with Crippen LogP contribution in [-0.2, 0) is 33.7 Å². The summed E-state index contributed by atoms with van der Waals surface area (Å²) in [4.78, 5) is 64.1. The minimum atomic E-state index is -1.52. The summed E-state index contributed by atoms with van der Waals surface area (Å²) in [6.45, 7) is 0. The molecule has 1 heterocycles. The quantitative estimate of drug-likeness (QED) is 0.199. The first-order valence-corrected chi connectivity index (χ1v) is 7.01. The molecule has 1 fully saturated rings. The molecule has 0 radical (unpaired) electrons. The van der Waals surface area contributed by atoms with E-state index in [0.717, 1.165) is 0 Å². The molecule has 0 bridgehead atoms. The molecule has 1 rings (SSSR count). The molecular weight excluding hydrogens is 314 g/mol. The second-order valence-corrected chi connectivity index (χ2v) is 4.96. The van der Waals surface area contributed by atoms with Crippen LogP contribution in [0.1, 0.15) is 44.9 Å². The van der Waals surface area contributed by atoms with Gasteiger partial charge in [0.25, 0.3) is 11.8 Å². The number of imide groups is 1. The molecule has 10 heteroatoms. The third kappa shape index (κ3) is 5.66. The van der Waals surface area contributed by atoms with Gasteiger partial charge in [0.1, 0.15) is 0 Å². The Morgan fingerprint density at radius 3 is 2.26 bits per heavy atom. The first kappa shape index (κ1) is 18.6. The molecule has 1 saturated heterocycles. The summed E-state index contributed by atoms with van der Waals surface area (Å²) in [5, 5.41) is 16.9. The summed E-state index contributed by atoms with van der Waals surface area (Å²) >= 11 is 0. The Morgan fingerprint density at radius 1 is 1.09 bits per heavy atom. The molecule has 2 N–H and O–H groups in total. The van der Waals surface area contributed by atoms with Crippen LogP contribution in [0, 0.1) is 5.92 Å². The lowest BCUT2D eigenvalue weighted by molar-refractivity contribution is -0.239. The molecule has 23 heavy (non-hydrogen) atoms. The molecule has 1 atom stereocenters. The van der Waals surface area contributed by atoms with Gasteiger partial charge in [-0.05, 0) is 12.8 Å². The fraction of sp³-hybridized carbons (Fsp3) is 0.615. The van der Waals surface area contributed by atoms with Gasteiger partial charge in [-0.25, -0.2) is 9.59 Å². The number of hydroxylamine groups is 2. The lowest BCUT2D eigenvalue weighted by atomic mass is 10.1. The van der Waals surface area contributed by atoms with E-state index in [1.54, 1.807) is 0 Å². The van der Waals surface area contributed by atoms with E-state index in [1.165, 1.54) is 0 Å². The Balaban J connectivity index is 2.31. The number of nitrogens with zero attached hydrogens (tertiary/aromatic N) is 1. The standard InChI is InChI=1S/C13H17NO9/c15-9-7-8(13(20)23-21)12(19)14(9)22-11(18)6-4-2-1-3-5-10(16)17/h8,21H,1-7H2,(H,16,17). The molecule has 1 unspecified atom stereocenters. The van der Waals surface area contributed by atoms with Crippen LogP contribution in [0.2, 0.25) is 0 Å². The zero-order chi connectivity index (χ0) is 17.4. The van der Waals surface area contributed by atoms with E-state index in [0.29, 0.717) is 25.7 Å². The highest BCUT2D eigenvalue weighted by molar-refractivity contribution is 6.12. The van der Waals surface area contributed by atoms with Crippen LogP contribution in [0.5, 0.6) is 0 Å². The maximum atomic E-state index is 11.7. The van der Waals surface area contributed by atoms with Crippen molar-refractivity contribution in [3.05, 3.63) is 0 Å². The summed E-state index contributed by atoms with van der Waals surface area (Å²) in [5.74, 6) is -6.45. The Kier molecular flexibility index (Phi) is 7.13. The van der Waals surface area contributed by atoms with E-state index in [1.807, 2.05) is 0 Å². The van der Waals surface area contributed by atoms with Crippen molar-refractivity contribution in [2.75, 3.05) is 0 Å². The predicted octanol–water partition coefficient (Wildman–Crippen LogP) is 0.261. The van der Waals surface area contributed by atoms with E-state index in [9.17, 15) is 24.0 Å². The molecule has 0 aliphatic carbocycles. The highest BCUT2D eigenvalue weighted by atomic mass is 17.1. The number of rotatable bonds is 9. The SMILES string of the molecule is O=C(O)CCCCCCC(=O)ON1C(=O)CC(C(=O)OO)C1=O. The van der Waals surface area contributed by atoms with Crippen molar-refractivity contribution in [2.24, 2.45) is 5.92 Å². The Labute approximate surface area is 130 Å². The number of amides is 2. The zero-order valence-electron chi connectivity index (χ0n) is 12.2. The Hall–Kier alpha value is -2.49. The van der Waals surface area contributed by atoms with Gasteiger partial charge in [0, 0.05) is 12.8 Å². The summed E-state index contributed by atoms with van der Waals surface area (Å²) in [6.07, 6.45) is 1.61. The van der Waals surface area contributed by atoms with Gasteiger partial charge in [-0.2, -0.15) is 5.26 Å². The number of carboxylic acid groups (broad SMARTS) is 1. The summed E-state index contributed by atoms with van der Waals surface area (Å²) in [5.41, 5.74) is 0. The van der Waals surface area contributed by atoms with Crippen LogP contribution in [0.15, 0.2) is 0 Å². The van der Waals surface area contributed by atoms with Crippen LogP contribution in [0.3, 0.4) is 0 Å². The minimum Gasteiger partial charge on any atom is -0.481 e. The van der Waals surface area contributed by atoms with E-state index in [4.69, 9.17) is 10.4 Å². The largest absolute Gasteiger partial charge is 0.481 e. The second-order valence-electron chi connectivity index (χ2n) is 4.96. The van der Waals surface area contributed by atoms with E-state index in [2.05, 4.69) is 9.73 Å². The number of carbonyl (C=O) groups excluding carboxylic acids is 4. The van der Waals surface area contributed by atoms with Crippen molar-refractivity contribution in [1.29, 1.82) is 0 Å². The molecule has 1 aliphatic heterocycles. The highest BCUT2D eigenvalue weighted by Gasteiger charge is 2.46. The number of aliphatic carboxylic acids is 1. The zero-order valence-corrected chi connectivity index (χ0v) is 12.2. The van der Waals surface area contributed by atoms with Gasteiger partial charge in [-0.1, -0.05) is 12.8 Å². The average molecular weight is 331 g/mol.